The Kier molecular flexibility index (Phi) is 9.98. The molecule has 1 aromatic carbocycles. The standard InChI is InChI=1S/C24H36ClN3O7S/c25-18-3-1-4-21(13-18)36(31,32)28-15-19(29)16-34-17-23-22(28)6-5-20(35-23)14-24(30)26-7-2-8-27-9-11-33-12-10-27/h1,3-4,13,19-20,22-23,29H,2,5-12,14-17H2,(H,26,30)/t19-,20-,22-,23+/m0/s1. The largest absolute Gasteiger partial charge is 0.389 e. The van der Waals surface area contributed by atoms with Gasteiger partial charge in [0.2, 0.25) is 15.9 Å². The van der Waals surface area contributed by atoms with Crippen molar-refractivity contribution in [3.63, 3.8) is 0 Å². The van der Waals surface area contributed by atoms with Crippen molar-refractivity contribution in [2.24, 2.45) is 0 Å². The van der Waals surface area contributed by atoms with Gasteiger partial charge in [-0.3, -0.25) is 9.69 Å². The Morgan fingerprint density at radius 3 is 2.75 bits per heavy atom. The van der Waals surface area contributed by atoms with E-state index in [1.165, 1.54) is 16.4 Å². The number of halogens is 1. The molecule has 3 fully saturated rings. The van der Waals surface area contributed by atoms with Crippen LogP contribution in [0.25, 0.3) is 0 Å². The lowest BCUT2D eigenvalue weighted by Gasteiger charge is -2.43. The summed E-state index contributed by atoms with van der Waals surface area (Å²) in [6.45, 7) is 4.93. The van der Waals surface area contributed by atoms with Crippen molar-refractivity contribution in [2.45, 2.75) is 54.9 Å². The van der Waals surface area contributed by atoms with E-state index in [-0.39, 0.29) is 43.1 Å². The highest BCUT2D eigenvalue weighted by Gasteiger charge is 2.43. The molecule has 0 aromatic heterocycles. The molecule has 3 heterocycles. The van der Waals surface area contributed by atoms with Gasteiger partial charge in [-0.05, 0) is 44.0 Å². The lowest BCUT2D eigenvalue weighted by Crippen LogP contribution is -2.57. The van der Waals surface area contributed by atoms with E-state index in [0.717, 1.165) is 39.3 Å². The molecule has 3 aliphatic rings. The Hall–Kier alpha value is -1.31. The molecule has 1 amide bonds. The number of sulfonamides is 1. The summed E-state index contributed by atoms with van der Waals surface area (Å²) in [5.74, 6) is -0.0778. The summed E-state index contributed by atoms with van der Waals surface area (Å²) in [5.41, 5.74) is 0. The molecule has 0 unspecified atom stereocenters. The summed E-state index contributed by atoms with van der Waals surface area (Å²) in [6, 6.07) is 5.58. The van der Waals surface area contributed by atoms with Gasteiger partial charge in [-0.25, -0.2) is 8.42 Å². The number of amides is 1. The third kappa shape index (κ3) is 7.38. The molecule has 12 heteroatoms. The van der Waals surface area contributed by atoms with Crippen molar-refractivity contribution in [1.29, 1.82) is 0 Å². The molecule has 10 nitrogen and oxygen atoms in total. The summed E-state index contributed by atoms with van der Waals surface area (Å²) in [7, 11) is -3.93. The van der Waals surface area contributed by atoms with E-state index >= 15 is 0 Å². The van der Waals surface area contributed by atoms with E-state index in [1.807, 2.05) is 0 Å². The first kappa shape index (κ1) is 27.7. The van der Waals surface area contributed by atoms with Gasteiger partial charge in [0.15, 0.2) is 0 Å². The summed E-state index contributed by atoms with van der Waals surface area (Å²) in [6.07, 6.45) is 0.281. The van der Waals surface area contributed by atoms with Gasteiger partial charge in [0.05, 0.1) is 62.1 Å². The Morgan fingerprint density at radius 1 is 1.17 bits per heavy atom. The van der Waals surface area contributed by atoms with Crippen LogP contribution in [0.4, 0.5) is 0 Å². The van der Waals surface area contributed by atoms with Gasteiger partial charge >= 0.3 is 0 Å². The van der Waals surface area contributed by atoms with Crippen LogP contribution in [0, 0.1) is 0 Å². The monoisotopic (exact) mass is 545 g/mol. The molecule has 0 radical (unpaired) electrons. The normalized spacial score (nSPS) is 28.6. The maximum absolute atomic E-state index is 13.5. The quantitative estimate of drug-likeness (QED) is 0.462. The van der Waals surface area contributed by atoms with Crippen LogP contribution in [-0.2, 0) is 29.0 Å². The Bertz CT molecular complexity index is 976. The van der Waals surface area contributed by atoms with Crippen molar-refractivity contribution in [3.8, 4) is 0 Å². The SMILES string of the molecule is O=C(C[C@@H]1CC[C@H]2[C@@H](COC[C@@H](O)CN2S(=O)(=O)c2cccc(Cl)c2)O1)NCCCN1CCOCC1. The number of aliphatic hydroxyl groups excluding tert-OH is 1. The lowest BCUT2D eigenvalue weighted by atomic mass is 9.96. The zero-order chi connectivity index (χ0) is 25.5. The number of morpholine rings is 1. The molecule has 0 bridgehead atoms. The second kappa shape index (κ2) is 13.0. The molecule has 3 aliphatic heterocycles. The second-order valence-corrected chi connectivity index (χ2v) is 11.9. The number of carbonyl (C=O) groups is 1. The molecular weight excluding hydrogens is 510 g/mol. The average Bonchev–Trinajstić information content (AvgIpc) is 2.85. The van der Waals surface area contributed by atoms with Gasteiger partial charge in [0, 0.05) is 31.2 Å². The molecule has 202 valence electrons. The fourth-order valence-corrected chi connectivity index (χ4v) is 6.99. The number of nitrogens with one attached hydrogen (secondary N) is 1. The Morgan fingerprint density at radius 2 is 1.97 bits per heavy atom. The van der Waals surface area contributed by atoms with Crippen molar-refractivity contribution < 1.29 is 32.5 Å². The number of aliphatic hydroxyl groups is 1. The van der Waals surface area contributed by atoms with Gasteiger partial charge in [0.25, 0.3) is 0 Å². The second-order valence-electron chi connectivity index (χ2n) is 9.53. The number of benzene rings is 1. The van der Waals surface area contributed by atoms with Crippen LogP contribution in [-0.4, -0.2) is 112 Å². The Balaban J connectivity index is 1.33. The van der Waals surface area contributed by atoms with Crippen molar-refractivity contribution in [3.05, 3.63) is 29.3 Å². The van der Waals surface area contributed by atoms with Crippen molar-refractivity contribution in [1.82, 2.24) is 14.5 Å². The molecule has 0 saturated carbocycles. The molecule has 4 rings (SSSR count). The summed E-state index contributed by atoms with van der Waals surface area (Å²) < 4.78 is 45.5. The number of hydrogen-bond donors (Lipinski definition) is 2. The van der Waals surface area contributed by atoms with Gasteiger partial charge in [-0.1, -0.05) is 17.7 Å². The highest BCUT2D eigenvalue weighted by molar-refractivity contribution is 7.89. The number of hydrogen-bond acceptors (Lipinski definition) is 8. The highest BCUT2D eigenvalue weighted by Crippen LogP contribution is 2.32. The van der Waals surface area contributed by atoms with Gasteiger partial charge in [-0.15, -0.1) is 0 Å². The number of fused-ring (bicyclic) bond motifs is 1. The van der Waals surface area contributed by atoms with Crippen LogP contribution < -0.4 is 5.32 Å². The van der Waals surface area contributed by atoms with Gasteiger partial charge < -0.3 is 24.6 Å². The third-order valence-corrected chi connectivity index (χ3v) is 8.95. The molecular formula is C24H36ClN3O7S. The topological polar surface area (TPSA) is 118 Å². The summed E-state index contributed by atoms with van der Waals surface area (Å²) in [4.78, 5) is 14.9. The van der Waals surface area contributed by atoms with E-state index in [4.69, 9.17) is 25.8 Å². The first-order valence-electron chi connectivity index (χ1n) is 12.6. The van der Waals surface area contributed by atoms with Crippen LogP contribution in [0.1, 0.15) is 25.7 Å². The maximum atomic E-state index is 13.5. The number of ether oxygens (including phenoxy) is 3. The number of carbonyl (C=O) groups excluding carboxylic acids is 1. The van der Waals surface area contributed by atoms with Gasteiger partial charge in [0.1, 0.15) is 0 Å². The Labute approximate surface area is 217 Å². The van der Waals surface area contributed by atoms with E-state index < -0.39 is 28.3 Å². The van der Waals surface area contributed by atoms with Crippen LogP contribution in [0.3, 0.4) is 0 Å². The summed E-state index contributed by atoms with van der Waals surface area (Å²) >= 11 is 6.04. The van der Waals surface area contributed by atoms with Crippen molar-refractivity contribution >= 4 is 27.5 Å². The van der Waals surface area contributed by atoms with E-state index in [9.17, 15) is 18.3 Å². The molecule has 2 N–H and O–H groups in total. The predicted octanol–water partition coefficient (Wildman–Crippen LogP) is 0.867. The fourth-order valence-electron chi connectivity index (χ4n) is 4.97. The molecule has 0 spiro atoms. The van der Waals surface area contributed by atoms with E-state index in [1.54, 1.807) is 12.1 Å². The van der Waals surface area contributed by atoms with Crippen LogP contribution in [0.2, 0.25) is 5.02 Å². The van der Waals surface area contributed by atoms with Crippen LogP contribution >= 0.6 is 11.6 Å². The minimum atomic E-state index is -3.93. The third-order valence-electron chi connectivity index (χ3n) is 6.83. The van der Waals surface area contributed by atoms with Crippen LogP contribution in [0.15, 0.2) is 29.2 Å². The predicted molar refractivity (Wildman–Crippen MR) is 133 cm³/mol. The van der Waals surface area contributed by atoms with Crippen molar-refractivity contribution in [2.75, 3.05) is 59.2 Å². The molecule has 1 aromatic rings. The molecule has 4 atom stereocenters. The maximum Gasteiger partial charge on any atom is 0.243 e. The van der Waals surface area contributed by atoms with Crippen LogP contribution in [0.5, 0.6) is 0 Å². The fraction of sp³-hybridized carbons (Fsp3) is 0.708. The van der Waals surface area contributed by atoms with E-state index in [2.05, 4.69) is 10.2 Å². The molecule has 3 saturated heterocycles. The first-order chi connectivity index (χ1) is 17.3. The molecule has 36 heavy (non-hydrogen) atoms. The average molecular weight is 546 g/mol. The number of rotatable bonds is 8. The minimum Gasteiger partial charge on any atom is -0.389 e. The highest BCUT2D eigenvalue weighted by atomic mass is 35.5. The number of nitrogens with zero attached hydrogens (tertiary/aromatic N) is 2. The lowest BCUT2D eigenvalue weighted by molar-refractivity contribution is -0.146. The summed E-state index contributed by atoms with van der Waals surface area (Å²) in [5, 5.41) is 13.6. The number of β-amino-alcohol motifs (C(OH)–C–C–N with tert-alkyl or cyclic N) is 1. The minimum absolute atomic E-state index is 0.00242. The first-order valence-corrected chi connectivity index (χ1v) is 14.4. The molecule has 0 aliphatic carbocycles. The smallest absolute Gasteiger partial charge is 0.243 e. The van der Waals surface area contributed by atoms with Gasteiger partial charge in [-0.2, -0.15) is 4.31 Å². The zero-order valence-corrected chi connectivity index (χ0v) is 22.0. The zero-order valence-electron chi connectivity index (χ0n) is 20.4. The van der Waals surface area contributed by atoms with E-state index in [0.29, 0.717) is 24.4 Å².